The summed E-state index contributed by atoms with van der Waals surface area (Å²) in [6.45, 7) is -0.123. The Labute approximate surface area is 136 Å². The van der Waals surface area contributed by atoms with Crippen molar-refractivity contribution in [2.75, 3.05) is 24.2 Å². The van der Waals surface area contributed by atoms with E-state index in [2.05, 4.69) is 4.98 Å². The number of benzene rings is 1. The molecular weight excluding hydrogens is 315 g/mol. The van der Waals surface area contributed by atoms with Gasteiger partial charge in [-0.25, -0.2) is 9.18 Å². The Morgan fingerprint density at radius 1 is 1.33 bits per heavy atom. The van der Waals surface area contributed by atoms with Crippen LogP contribution >= 0.6 is 0 Å². The average Bonchev–Trinajstić information content (AvgIpc) is 3.31. The van der Waals surface area contributed by atoms with Crippen molar-refractivity contribution in [1.82, 2.24) is 9.55 Å². The van der Waals surface area contributed by atoms with E-state index < -0.39 is 17.0 Å². The average molecular weight is 332 g/mol. The minimum atomic E-state index is -0.785. The number of carbonyl (C=O) groups is 1. The second kappa shape index (κ2) is 5.95. The zero-order chi connectivity index (χ0) is 17.4. The van der Waals surface area contributed by atoms with Crippen molar-refractivity contribution in [1.29, 1.82) is 0 Å². The van der Waals surface area contributed by atoms with E-state index in [-0.39, 0.29) is 29.8 Å². The van der Waals surface area contributed by atoms with Crippen molar-refractivity contribution < 1.29 is 9.18 Å². The molecule has 1 aliphatic carbocycles. The number of nitrogens with one attached hydrogen (secondary N) is 1. The third-order valence-corrected chi connectivity index (χ3v) is 4.02. The first-order chi connectivity index (χ1) is 11.4. The maximum absolute atomic E-state index is 13.0. The van der Waals surface area contributed by atoms with Gasteiger partial charge in [0.25, 0.3) is 5.56 Å². The van der Waals surface area contributed by atoms with Crippen molar-refractivity contribution in [2.45, 2.75) is 18.9 Å². The lowest BCUT2D eigenvalue weighted by Gasteiger charge is -2.19. The van der Waals surface area contributed by atoms with Gasteiger partial charge in [0.05, 0.1) is 6.54 Å². The van der Waals surface area contributed by atoms with Crippen LogP contribution in [0.1, 0.15) is 29.2 Å². The Kier molecular flexibility index (Phi) is 3.96. The van der Waals surface area contributed by atoms with Gasteiger partial charge in [0, 0.05) is 18.8 Å². The van der Waals surface area contributed by atoms with Crippen LogP contribution in [0.15, 0.2) is 33.9 Å². The highest BCUT2D eigenvalue weighted by Crippen LogP contribution is 2.35. The van der Waals surface area contributed by atoms with Crippen LogP contribution in [0, 0.1) is 5.82 Å². The molecule has 1 heterocycles. The van der Waals surface area contributed by atoms with Crippen LogP contribution in [0.25, 0.3) is 0 Å². The summed E-state index contributed by atoms with van der Waals surface area (Å²) in [4.78, 5) is 40.1. The number of aromatic amines is 1. The van der Waals surface area contributed by atoms with Gasteiger partial charge >= 0.3 is 5.69 Å². The molecule has 0 amide bonds. The maximum Gasteiger partial charge on any atom is 0.330 e. The van der Waals surface area contributed by atoms with Gasteiger partial charge in [-0.1, -0.05) is 0 Å². The minimum absolute atomic E-state index is 0.0595. The summed E-state index contributed by atoms with van der Waals surface area (Å²) in [5.41, 5.74) is 4.94. The highest BCUT2D eigenvalue weighted by molar-refractivity contribution is 6.02. The number of nitrogens with two attached hydrogens (primary N) is 1. The van der Waals surface area contributed by atoms with E-state index in [1.54, 1.807) is 11.9 Å². The molecule has 1 aromatic heterocycles. The smallest absolute Gasteiger partial charge is 0.330 e. The van der Waals surface area contributed by atoms with Gasteiger partial charge in [0.2, 0.25) is 0 Å². The number of likely N-dealkylation sites (N-methyl/N-ethyl adjacent to an activating group) is 1. The monoisotopic (exact) mass is 332 g/mol. The highest BCUT2D eigenvalue weighted by atomic mass is 19.1. The number of anilines is 2. The van der Waals surface area contributed by atoms with E-state index in [4.69, 9.17) is 5.73 Å². The SMILES string of the molecule is CN(CC(=O)c1c(N)n(C2CC2)c(=O)[nH]c1=O)c1ccc(F)cc1. The molecule has 0 atom stereocenters. The Bertz CT molecular complexity index is 897. The van der Waals surface area contributed by atoms with Crippen molar-refractivity contribution in [3.05, 3.63) is 56.5 Å². The summed E-state index contributed by atoms with van der Waals surface area (Å²) < 4.78 is 14.2. The minimum Gasteiger partial charge on any atom is -0.384 e. The third kappa shape index (κ3) is 2.94. The Morgan fingerprint density at radius 3 is 2.54 bits per heavy atom. The number of hydrogen-bond acceptors (Lipinski definition) is 5. The largest absolute Gasteiger partial charge is 0.384 e. The van der Waals surface area contributed by atoms with E-state index in [1.807, 2.05) is 0 Å². The molecule has 0 bridgehead atoms. The van der Waals surface area contributed by atoms with Gasteiger partial charge < -0.3 is 10.6 Å². The molecule has 1 saturated carbocycles. The maximum atomic E-state index is 13.0. The molecule has 0 spiro atoms. The summed E-state index contributed by atoms with van der Waals surface area (Å²) in [7, 11) is 1.65. The number of halogens is 1. The van der Waals surface area contributed by atoms with Gasteiger partial charge in [0.1, 0.15) is 17.2 Å². The topological polar surface area (TPSA) is 101 Å². The van der Waals surface area contributed by atoms with Gasteiger partial charge in [-0.2, -0.15) is 0 Å². The molecule has 0 aliphatic heterocycles. The molecule has 0 unspecified atom stereocenters. The van der Waals surface area contributed by atoms with Gasteiger partial charge in [-0.15, -0.1) is 0 Å². The van der Waals surface area contributed by atoms with Crippen LogP contribution in [-0.2, 0) is 0 Å². The normalized spacial score (nSPS) is 13.8. The van der Waals surface area contributed by atoms with E-state index >= 15 is 0 Å². The van der Waals surface area contributed by atoms with Crippen LogP contribution < -0.4 is 21.9 Å². The first kappa shape index (κ1) is 16.0. The molecule has 2 aromatic rings. The number of nitrogen functional groups attached to an aromatic ring is 1. The zero-order valence-electron chi connectivity index (χ0n) is 13.1. The quantitative estimate of drug-likeness (QED) is 0.793. The molecule has 1 fully saturated rings. The molecule has 126 valence electrons. The summed E-state index contributed by atoms with van der Waals surface area (Å²) >= 11 is 0. The number of H-pyrrole nitrogens is 1. The third-order valence-electron chi connectivity index (χ3n) is 4.02. The van der Waals surface area contributed by atoms with Crippen LogP contribution in [0.2, 0.25) is 0 Å². The zero-order valence-corrected chi connectivity index (χ0v) is 13.1. The number of Topliss-reactive ketones (excluding diaryl/α,β-unsaturated/α-hetero) is 1. The van der Waals surface area contributed by atoms with E-state index in [1.165, 1.54) is 28.8 Å². The molecule has 3 N–H and O–H groups in total. The van der Waals surface area contributed by atoms with E-state index in [0.29, 0.717) is 5.69 Å². The fourth-order valence-corrected chi connectivity index (χ4v) is 2.61. The lowest BCUT2D eigenvalue weighted by atomic mass is 10.1. The predicted octanol–water partition coefficient (Wildman–Crippen LogP) is 0.912. The number of ketones is 1. The molecule has 8 heteroatoms. The van der Waals surface area contributed by atoms with Crippen LogP contribution in [0.4, 0.5) is 15.9 Å². The van der Waals surface area contributed by atoms with Gasteiger partial charge in [0.15, 0.2) is 5.78 Å². The second-order valence-corrected chi connectivity index (χ2v) is 5.88. The Balaban J connectivity index is 1.90. The summed E-state index contributed by atoms with van der Waals surface area (Å²) in [6.07, 6.45) is 1.58. The lowest BCUT2D eigenvalue weighted by Crippen LogP contribution is -2.38. The lowest BCUT2D eigenvalue weighted by molar-refractivity contribution is 0.0999. The first-order valence-electron chi connectivity index (χ1n) is 7.52. The molecule has 1 aromatic carbocycles. The second-order valence-electron chi connectivity index (χ2n) is 5.88. The van der Waals surface area contributed by atoms with Crippen LogP contribution in [0.3, 0.4) is 0 Å². The number of rotatable bonds is 5. The fourth-order valence-electron chi connectivity index (χ4n) is 2.61. The first-order valence-corrected chi connectivity index (χ1v) is 7.52. The molecule has 7 nitrogen and oxygen atoms in total. The van der Waals surface area contributed by atoms with Gasteiger partial charge in [-0.3, -0.25) is 19.1 Å². The molecule has 24 heavy (non-hydrogen) atoms. The van der Waals surface area contributed by atoms with Crippen molar-refractivity contribution >= 4 is 17.3 Å². The summed E-state index contributed by atoms with van der Waals surface area (Å²) in [5, 5.41) is 0. The van der Waals surface area contributed by atoms with Crippen LogP contribution in [0.5, 0.6) is 0 Å². The predicted molar refractivity (Wildman–Crippen MR) is 88.0 cm³/mol. The standard InChI is InChI=1S/C16H17FN4O3/c1-20(10-4-2-9(17)3-5-10)8-12(22)13-14(18)21(11-6-7-11)16(24)19-15(13)23/h2-5,11H,6-8,18H2,1H3,(H,19,23,24). The Morgan fingerprint density at radius 2 is 1.96 bits per heavy atom. The summed E-state index contributed by atoms with van der Waals surface area (Å²) in [5.74, 6) is -0.977. The fraction of sp³-hybridized carbons (Fsp3) is 0.312. The number of hydrogen-bond donors (Lipinski definition) is 2. The highest BCUT2D eigenvalue weighted by Gasteiger charge is 2.30. The van der Waals surface area contributed by atoms with Crippen molar-refractivity contribution in [3.8, 4) is 0 Å². The van der Waals surface area contributed by atoms with Gasteiger partial charge in [-0.05, 0) is 37.1 Å². The van der Waals surface area contributed by atoms with E-state index in [0.717, 1.165) is 12.8 Å². The van der Waals surface area contributed by atoms with E-state index in [9.17, 15) is 18.8 Å². The van der Waals surface area contributed by atoms with Crippen molar-refractivity contribution in [3.63, 3.8) is 0 Å². The molecule has 0 radical (unpaired) electrons. The summed E-state index contributed by atoms with van der Waals surface area (Å²) in [6, 6.07) is 5.56. The number of nitrogens with zero attached hydrogens (tertiary/aromatic N) is 2. The number of aromatic nitrogens is 2. The molecule has 0 saturated heterocycles. The Hall–Kier alpha value is -2.90. The molecule has 3 rings (SSSR count). The molecular formula is C16H17FN4O3. The van der Waals surface area contributed by atoms with Crippen LogP contribution in [-0.4, -0.2) is 28.9 Å². The number of carbonyl (C=O) groups excluding carboxylic acids is 1. The molecule has 1 aliphatic rings. The van der Waals surface area contributed by atoms with Crippen molar-refractivity contribution in [2.24, 2.45) is 0 Å².